The van der Waals surface area contributed by atoms with E-state index in [0.717, 1.165) is 0 Å². The number of urea groups is 1. The fourth-order valence-corrected chi connectivity index (χ4v) is 9.10. The number of hydrogen-bond acceptors (Lipinski definition) is 10. The third-order valence-corrected chi connectivity index (χ3v) is 13.0. The van der Waals surface area contributed by atoms with Crippen molar-refractivity contribution in [1.82, 2.24) is 25.2 Å². The lowest BCUT2D eigenvalue weighted by atomic mass is 10.0. The standard InChI is InChI=1S/C42H43FN6O9S/c1-5-23-20-42(23,40(52)48-59(54,55)27-15-16-27)47-38(50)31-19-26(21-49(31)39(51)33(22(2)3)46-41(53)44-25-10-7-6-8-11-25)57-36-28-17-14-24(43)18-30(28)45-34-29-12-9-13-32(56-4)35(29)58-37(34)36/h5-14,17-18,22-23,26-27,31,33H,1,15-16,19-21H2,2-4H3,(H,47,50)(H,48,52)(H2,44,46,53)/t23-,26-,31+,33+,42-/m1/s1. The fraction of sp³-hybridized carbons (Fsp3) is 0.357. The Morgan fingerprint density at radius 1 is 1.03 bits per heavy atom. The van der Waals surface area contributed by atoms with Crippen LogP contribution in [0.5, 0.6) is 11.5 Å². The van der Waals surface area contributed by atoms with Crippen molar-refractivity contribution in [1.29, 1.82) is 0 Å². The molecule has 3 fully saturated rings. The topological polar surface area (TPSA) is 198 Å². The highest BCUT2D eigenvalue weighted by atomic mass is 32.2. The summed E-state index contributed by atoms with van der Waals surface area (Å²) in [4.78, 5) is 62.0. The van der Waals surface area contributed by atoms with Crippen LogP contribution in [0, 0.1) is 17.7 Å². The average Bonchev–Trinajstić information content (AvgIpc) is 4.11. The molecule has 5 aromatic rings. The number of aromatic nitrogens is 1. The van der Waals surface area contributed by atoms with E-state index >= 15 is 0 Å². The maximum atomic E-state index is 14.6. The number of halogens is 1. The summed E-state index contributed by atoms with van der Waals surface area (Å²) in [6, 6.07) is 15.0. The Balaban J connectivity index is 1.14. The summed E-state index contributed by atoms with van der Waals surface area (Å²) in [6.45, 7) is 7.12. The molecule has 2 aromatic heterocycles. The van der Waals surface area contributed by atoms with Crippen LogP contribution in [0.1, 0.15) is 39.5 Å². The maximum Gasteiger partial charge on any atom is 0.319 e. The highest BCUT2D eigenvalue weighted by molar-refractivity contribution is 7.91. The molecule has 0 spiro atoms. The highest BCUT2D eigenvalue weighted by Gasteiger charge is 2.62. The predicted molar refractivity (Wildman–Crippen MR) is 217 cm³/mol. The molecule has 5 atom stereocenters. The van der Waals surface area contributed by atoms with Crippen LogP contribution < -0.4 is 30.1 Å². The number of methoxy groups -OCH3 is 1. The number of para-hydroxylation sites is 2. The monoisotopic (exact) mass is 826 g/mol. The normalized spacial score (nSPS) is 21.9. The average molecular weight is 827 g/mol. The number of nitrogens with zero attached hydrogens (tertiary/aromatic N) is 2. The largest absolute Gasteiger partial charge is 0.493 e. The smallest absolute Gasteiger partial charge is 0.319 e. The number of carbonyl (C=O) groups excluding carboxylic acids is 4. The lowest BCUT2D eigenvalue weighted by Gasteiger charge is -2.31. The van der Waals surface area contributed by atoms with E-state index in [0.29, 0.717) is 46.2 Å². The van der Waals surface area contributed by atoms with Crippen LogP contribution in [-0.4, -0.2) is 84.7 Å². The first-order chi connectivity index (χ1) is 28.2. The molecule has 2 aliphatic carbocycles. The van der Waals surface area contributed by atoms with Crippen LogP contribution in [0.4, 0.5) is 14.9 Å². The lowest BCUT2D eigenvalue weighted by Crippen LogP contribution is -2.59. The van der Waals surface area contributed by atoms with E-state index in [1.54, 1.807) is 62.4 Å². The summed E-state index contributed by atoms with van der Waals surface area (Å²) in [5, 5.41) is 8.56. The fourth-order valence-electron chi connectivity index (χ4n) is 7.74. The van der Waals surface area contributed by atoms with Crippen LogP contribution in [-0.2, 0) is 24.4 Å². The second kappa shape index (κ2) is 15.2. The second-order valence-corrected chi connectivity index (χ2v) is 17.5. The van der Waals surface area contributed by atoms with Crippen molar-refractivity contribution >= 4 is 72.4 Å². The number of furan rings is 1. The molecule has 308 valence electrons. The van der Waals surface area contributed by atoms with Gasteiger partial charge in [-0.25, -0.2) is 22.6 Å². The number of amides is 5. The Kier molecular flexibility index (Phi) is 10.2. The minimum atomic E-state index is -3.95. The van der Waals surface area contributed by atoms with Gasteiger partial charge in [0.1, 0.15) is 35.1 Å². The van der Waals surface area contributed by atoms with Gasteiger partial charge in [0, 0.05) is 29.5 Å². The van der Waals surface area contributed by atoms with Gasteiger partial charge in [-0.15, -0.1) is 6.58 Å². The first-order valence-corrected chi connectivity index (χ1v) is 20.9. The third-order valence-electron chi connectivity index (χ3n) is 11.1. The van der Waals surface area contributed by atoms with Gasteiger partial charge in [0.25, 0.3) is 5.91 Å². The number of nitrogens with one attached hydrogen (secondary N) is 4. The summed E-state index contributed by atoms with van der Waals surface area (Å²) in [5.74, 6) is -3.14. The number of carbonyl (C=O) groups is 4. The second-order valence-electron chi connectivity index (χ2n) is 15.6. The van der Waals surface area contributed by atoms with Gasteiger partial charge >= 0.3 is 6.03 Å². The number of anilines is 1. The molecular weight excluding hydrogens is 784 g/mol. The Bertz CT molecular complexity index is 2630. The van der Waals surface area contributed by atoms with Crippen LogP contribution in [0.2, 0.25) is 0 Å². The molecule has 0 unspecified atom stereocenters. The molecular formula is C42H43FN6O9S. The van der Waals surface area contributed by atoms with Gasteiger partial charge in [-0.1, -0.05) is 44.2 Å². The molecule has 2 saturated carbocycles. The van der Waals surface area contributed by atoms with Gasteiger partial charge in [-0.05, 0) is 61.6 Å². The number of hydrogen-bond donors (Lipinski definition) is 4. The van der Waals surface area contributed by atoms with Crippen molar-refractivity contribution in [3.05, 3.63) is 85.2 Å². The summed E-state index contributed by atoms with van der Waals surface area (Å²) in [7, 11) is -2.46. The molecule has 0 bridgehead atoms. The van der Waals surface area contributed by atoms with E-state index in [2.05, 4.69) is 27.3 Å². The van der Waals surface area contributed by atoms with Crippen molar-refractivity contribution < 1.29 is 45.9 Å². The van der Waals surface area contributed by atoms with Crippen LogP contribution in [0.15, 0.2) is 83.8 Å². The van der Waals surface area contributed by atoms with Gasteiger partial charge in [0.15, 0.2) is 22.7 Å². The van der Waals surface area contributed by atoms with E-state index in [9.17, 15) is 32.0 Å². The van der Waals surface area contributed by atoms with Crippen molar-refractivity contribution in [2.45, 2.75) is 68.5 Å². The number of pyridine rings is 1. The van der Waals surface area contributed by atoms with Crippen LogP contribution in [0.3, 0.4) is 0 Å². The zero-order chi connectivity index (χ0) is 41.8. The first-order valence-electron chi connectivity index (χ1n) is 19.3. The van der Waals surface area contributed by atoms with E-state index in [4.69, 9.17) is 18.9 Å². The number of fused-ring (bicyclic) bond motifs is 4. The molecule has 15 nitrogen and oxygen atoms in total. The van der Waals surface area contributed by atoms with Crippen LogP contribution >= 0.6 is 0 Å². The zero-order valence-electron chi connectivity index (χ0n) is 32.5. The SMILES string of the molecule is C=C[C@@H]1C[C@]1(NC(=O)[C@@H]1C[C@@H](Oc2c3ccc(F)cc3nc3c2oc2c(OC)cccc23)CN1C(=O)[C@@H](NC(=O)Nc1ccccc1)C(C)C)C(=O)NS(=O)(=O)C1CC1. The molecule has 1 saturated heterocycles. The predicted octanol–water partition coefficient (Wildman–Crippen LogP) is 5.15. The van der Waals surface area contributed by atoms with E-state index < -0.39 is 80.4 Å². The number of benzene rings is 3. The molecule has 5 amide bonds. The summed E-state index contributed by atoms with van der Waals surface area (Å²) in [5.41, 5.74) is 0.132. The molecule has 59 heavy (non-hydrogen) atoms. The first kappa shape index (κ1) is 39.6. The van der Waals surface area contributed by atoms with Crippen LogP contribution in [0.25, 0.3) is 33.0 Å². The van der Waals surface area contributed by atoms with Crippen molar-refractivity contribution in [2.75, 3.05) is 19.0 Å². The highest BCUT2D eigenvalue weighted by Crippen LogP contribution is 2.46. The van der Waals surface area contributed by atoms with E-state index in [1.807, 2.05) is 0 Å². The number of likely N-dealkylation sites (tertiary alicyclic amines) is 1. The Morgan fingerprint density at radius 2 is 1.80 bits per heavy atom. The molecule has 3 aromatic carbocycles. The maximum absolute atomic E-state index is 14.6. The minimum Gasteiger partial charge on any atom is -0.493 e. The van der Waals surface area contributed by atoms with Crippen molar-refractivity contribution in [2.24, 2.45) is 11.8 Å². The molecule has 8 rings (SSSR count). The molecule has 1 aliphatic heterocycles. The van der Waals surface area contributed by atoms with Crippen molar-refractivity contribution in [3.63, 3.8) is 0 Å². The molecule has 17 heteroatoms. The van der Waals surface area contributed by atoms with E-state index in [1.165, 1.54) is 36.3 Å². The summed E-state index contributed by atoms with van der Waals surface area (Å²) >= 11 is 0. The third kappa shape index (κ3) is 7.50. The van der Waals surface area contributed by atoms with Gasteiger partial charge in [0.05, 0.1) is 29.8 Å². The van der Waals surface area contributed by atoms with Gasteiger partial charge in [-0.2, -0.15) is 0 Å². The molecule has 3 heterocycles. The van der Waals surface area contributed by atoms with Gasteiger partial charge < -0.3 is 34.7 Å². The minimum absolute atomic E-state index is 0.0918. The lowest BCUT2D eigenvalue weighted by molar-refractivity contribution is -0.141. The van der Waals surface area contributed by atoms with Gasteiger partial charge in [-0.3, -0.25) is 19.1 Å². The molecule has 4 N–H and O–H groups in total. The number of ether oxygens (including phenoxy) is 2. The van der Waals surface area contributed by atoms with Gasteiger partial charge in [0.2, 0.25) is 21.8 Å². The van der Waals surface area contributed by atoms with E-state index in [-0.39, 0.29) is 36.2 Å². The number of sulfonamides is 1. The number of rotatable bonds is 13. The Hall–Kier alpha value is -6.23. The molecule has 0 radical (unpaired) electrons. The summed E-state index contributed by atoms with van der Waals surface area (Å²) in [6.07, 6.45) is 1.45. The zero-order valence-corrected chi connectivity index (χ0v) is 33.3. The quantitative estimate of drug-likeness (QED) is 0.115. The summed E-state index contributed by atoms with van der Waals surface area (Å²) < 4.78 is 60.9. The Morgan fingerprint density at radius 3 is 2.47 bits per heavy atom. The Labute approximate surface area is 338 Å². The van der Waals surface area contributed by atoms with Crippen molar-refractivity contribution in [3.8, 4) is 11.5 Å². The molecule has 3 aliphatic rings.